The minimum atomic E-state index is -0.155. The summed E-state index contributed by atoms with van der Waals surface area (Å²) in [6.07, 6.45) is 3.92. The summed E-state index contributed by atoms with van der Waals surface area (Å²) in [5, 5.41) is 9.25. The number of carbonyl (C=O) groups excluding carboxylic acids is 2. The molecule has 0 atom stereocenters. The summed E-state index contributed by atoms with van der Waals surface area (Å²) in [6, 6.07) is 6.20. The predicted octanol–water partition coefficient (Wildman–Crippen LogP) is 5.00. The van der Waals surface area contributed by atoms with Gasteiger partial charge in [0.1, 0.15) is 10.6 Å². The van der Waals surface area contributed by atoms with E-state index in [0.29, 0.717) is 16.5 Å². The molecule has 2 aromatic heterocycles. The van der Waals surface area contributed by atoms with Gasteiger partial charge in [0.2, 0.25) is 5.91 Å². The van der Waals surface area contributed by atoms with E-state index in [1.54, 1.807) is 12.3 Å². The lowest BCUT2D eigenvalue weighted by molar-refractivity contribution is -0.115. The molecule has 0 radical (unpaired) electrons. The number of amides is 2. The molecule has 5 nitrogen and oxygen atoms in total. The first kappa shape index (κ1) is 18.7. The molecule has 0 unspecified atom stereocenters. The fourth-order valence-corrected chi connectivity index (χ4v) is 4.22. The van der Waals surface area contributed by atoms with E-state index >= 15 is 0 Å². The summed E-state index contributed by atoms with van der Waals surface area (Å²) in [7, 11) is 0. The van der Waals surface area contributed by atoms with Crippen molar-refractivity contribution in [3.63, 3.8) is 0 Å². The first-order valence-corrected chi connectivity index (χ1v) is 10.5. The third kappa shape index (κ3) is 3.83. The number of aryl methyl sites for hydroxylation is 1. The molecule has 6 heteroatoms. The molecule has 1 saturated carbocycles. The Balaban J connectivity index is 1.51. The first-order valence-electron chi connectivity index (χ1n) is 9.61. The summed E-state index contributed by atoms with van der Waals surface area (Å²) in [5.41, 5.74) is 4.63. The molecule has 3 aromatic rings. The van der Waals surface area contributed by atoms with Crippen LogP contribution in [0.15, 0.2) is 34.3 Å². The molecule has 1 fully saturated rings. The maximum atomic E-state index is 12.6. The number of benzene rings is 1. The van der Waals surface area contributed by atoms with Crippen molar-refractivity contribution in [2.75, 3.05) is 5.32 Å². The van der Waals surface area contributed by atoms with Crippen LogP contribution in [0.3, 0.4) is 0 Å². The zero-order chi connectivity index (χ0) is 19.8. The van der Waals surface area contributed by atoms with Gasteiger partial charge in [0.05, 0.1) is 18.2 Å². The van der Waals surface area contributed by atoms with Crippen LogP contribution in [0.2, 0.25) is 0 Å². The number of hydrogen-bond acceptors (Lipinski definition) is 4. The predicted molar refractivity (Wildman–Crippen MR) is 112 cm³/mol. The van der Waals surface area contributed by atoms with E-state index in [2.05, 4.69) is 37.5 Å². The molecule has 2 N–H and O–H groups in total. The number of fused-ring (bicyclic) bond motifs is 1. The van der Waals surface area contributed by atoms with E-state index in [9.17, 15) is 9.59 Å². The number of carbonyl (C=O) groups is 2. The molecule has 2 heterocycles. The zero-order valence-electron chi connectivity index (χ0n) is 16.3. The Morgan fingerprint density at radius 1 is 1.29 bits per heavy atom. The highest BCUT2D eigenvalue weighted by Crippen LogP contribution is 2.30. The van der Waals surface area contributed by atoms with Crippen molar-refractivity contribution in [3.05, 3.63) is 52.1 Å². The number of anilines is 1. The highest BCUT2D eigenvalue weighted by molar-refractivity contribution is 7.14. The van der Waals surface area contributed by atoms with E-state index < -0.39 is 0 Å². The van der Waals surface area contributed by atoms with Gasteiger partial charge in [0, 0.05) is 17.0 Å². The van der Waals surface area contributed by atoms with E-state index in [1.807, 2.05) is 11.4 Å². The summed E-state index contributed by atoms with van der Waals surface area (Å²) in [4.78, 5) is 25.0. The van der Waals surface area contributed by atoms with E-state index in [-0.39, 0.29) is 24.3 Å². The fraction of sp³-hybridized carbons (Fsp3) is 0.364. The fourth-order valence-electron chi connectivity index (χ4n) is 3.42. The molecule has 0 spiro atoms. The van der Waals surface area contributed by atoms with E-state index in [1.165, 1.54) is 22.5 Å². The maximum Gasteiger partial charge on any atom is 0.254 e. The molecule has 1 aromatic carbocycles. The average molecular weight is 397 g/mol. The normalized spacial score (nSPS) is 13.9. The lowest BCUT2D eigenvalue weighted by Gasteiger charge is -2.10. The van der Waals surface area contributed by atoms with Crippen molar-refractivity contribution in [1.29, 1.82) is 0 Å². The third-order valence-corrected chi connectivity index (χ3v) is 5.92. The molecular formula is C22H24N2O3S. The van der Waals surface area contributed by atoms with Crippen molar-refractivity contribution in [2.45, 2.75) is 52.0 Å². The lowest BCUT2D eigenvalue weighted by atomic mass is 9.95. The van der Waals surface area contributed by atoms with Crippen LogP contribution in [0.5, 0.6) is 0 Å². The van der Waals surface area contributed by atoms with Gasteiger partial charge in [0.15, 0.2) is 0 Å². The SMILES string of the molecule is Cc1cc2occ(CC(=O)Nc3sccc3C(=O)NC3CC3)c2cc1C(C)C. The molecule has 1 aliphatic rings. The largest absolute Gasteiger partial charge is 0.464 e. The third-order valence-electron chi connectivity index (χ3n) is 5.09. The standard InChI is InChI=1S/C22H24N2O3S/c1-12(2)17-10-18-14(11-27-19(18)8-13(17)3)9-20(25)24-22-16(6-7-28-22)21(26)23-15-4-5-15/h6-8,10-12,15H,4-5,9H2,1-3H3,(H,23,26)(H,24,25). The van der Waals surface area contributed by atoms with E-state index in [4.69, 9.17) is 4.42 Å². The molecular weight excluding hydrogens is 372 g/mol. The second-order valence-corrected chi connectivity index (χ2v) is 8.67. The molecule has 28 heavy (non-hydrogen) atoms. The smallest absolute Gasteiger partial charge is 0.254 e. The molecule has 2 amide bonds. The Morgan fingerprint density at radius 3 is 2.79 bits per heavy atom. The Hall–Kier alpha value is -2.60. The number of thiophene rings is 1. The van der Waals surface area contributed by atoms with Crippen LogP contribution in [0.25, 0.3) is 11.0 Å². The minimum absolute atomic E-state index is 0.120. The highest BCUT2D eigenvalue weighted by atomic mass is 32.1. The summed E-state index contributed by atoms with van der Waals surface area (Å²) < 4.78 is 5.67. The van der Waals surface area contributed by atoms with Gasteiger partial charge >= 0.3 is 0 Å². The average Bonchev–Trinajstić information content (AvgIpc) is 3.19. The summed E-state index contributed by atoms with van der Waals surface area (Å²) >= 11 is 1.36. The zero-order valence-corrected chi connectivity index (χ0v) is 17.1. The van der Waals surface area contributed by atoms with Crippen LogP contribution in [0, 0.1) is 6.92 Å². The van der Waals surface area contributed by atoms with Gasteiger partial charge in [0.25, 0.3) is 5.91 Å². The van der Waals surface area contributed by atoms with Gasteiger partial charge in [-0.1, -0.05) is 13.8 Å². The molecule has 0 saturated heterocycles. The van der Waals surface area contributed by atoms with Crippen molar-refractivity contribution >= 4 is 39.1 Å². The maximum absolute atomic E-state index is 12.6. The van der Waals surface area contributed by atoms with Gasteiger partial charge < -0.3 is 15.1 Å². The lowest BCUT2D eigenvalue weighted by Crippen LogP contribution is -2.26. The number of nitrogens with one attached hydrogen (secondary N) is 2. The Labute approximate surface area is 168 Å². The minimum Gasteiger partial charge on any atom is -0.464 e. The van der Waals surface area contributed by atoms with Gasteiger partial charge in [-0.3, -0.25) is 9.59 Å². The highest BCUT2D eigenvalue weighted by Gasteiger charge is 2.25. The van der Waals surface area contributed by atoms with Gasteiger partial charge in [-0.25, -0.2) is 0 Å². The summed E-state index contributed by atoms with van der Waals surface area (Å²) in [5.74, 6) is 0.127. The van der Waals surface area contributed by atoms with Crippen molar-refractivity contribution < 1.29 is 14.0 Å². The van der Waals surface area contributed by atoms with Crippen LogP contribution >= 0.6 is 11.3 Å². The topological polar surface area (TPSA) is 71.3 Å². The number of rotatable bonds is 6. The Kier molecular flexibility index (Phi) is 4.98. The van der Waals surface area contributed by atoms with Crippen LogP contribution in [0.1, 0.15) is 59.7 Å². The van der Waals surface area contributed by atoms with Crippen molar-refractivity contribution in [3.8, 4) is 0 Å². The second-order valence-electron chi connectivity index (χ2n) is 7.76. The van der Waals surface area contributed by atoms with Crippen molar-refractivity contribution in [2.24, 2.45) is 0 Å². The molecule has 1 aliphatic carbocycles. The molecule has 0 aliphatic heterocycles. The van der Waals surface area contributed by atoms with Crippen LogP contribution in [0.4, 0.5) is 5.00 Å². The summed E-state index contributed by atoms with van der Waals surface area (Å²) in [6.45, 7) is 6.39. The second kappa shape index (κ2) is 7.43. The Morgan fingerprint density at radius 2 is 2.07 bits per heavy atom. The van der Waals surface area contributed by atoms with Gasteiger partial charge in [-0.15, -0.1) is 11.3 Å². The van der Waals surface area contributed by atoms with Gasteiger partial charge in [-0.2, -0.15) is 0 Å². The van der Waals surface area contributed by atoms with Crippen LogP contribution in [-0.2, 0) is 11.2 Å². The molecule has 146 valence electrons. The quantitative estimate of drug-likeness (QED) is 0.616. The molecule has 4 rings (SSSR count). The van der Waals surface area contributed by atoms with E-state index in [0.717, 1.165) is 29.4 Å². The van der Waals surface area contributed by atoms with Crippen LogP contribution < -0.4 is 10.6 Å². The van der Waals surface area contributed by atoms with Gasteiger partial charge in [-0.05, 0) is 60.4 Å². The van der Waals surface area contributed by atoms with Crippen molar-refractivity contribution in [1.82, 2.24) is 5.32 Å². The Bertz CT molecular complexity index is 1040. The monoisotopic (exact) mass is 396 g/mol. The molecule has 0 bridgehead atoms. The number of furan rings is 1. The first-order chi connectivity index (χ1) is 13.4. The number of hydrogen-bond donors (Lipinski definition) is 2. The van der Waals surface area contributed by atoms with Crippen LogP contribution in [-0.4, -0.2) is 17.9 Å².